The van der Waals surface area contributed by atoms with Crippen LogP contribution in [0.1, 0.15) is 29.5 Å². The summed E-state index contributed by atoms with van der Waals surface area (Å²) < 4.78 is 12.0. The molecule has 0 unspecified atom stereocenters. The minimum atomic E-state index is 0.193. The number of thioether (sulfide) groups is 1. The van der Waals surface area contributed by atoms with E-state index in [1.165, 1.54) is 5.56 Å². The normalized spacial score (nSPS) is 22.1. The Bertz CT molecular complexity index is 883. The van der Waals surface area contributed by atoms with Crippen molar-refractivity contribution in [3.8, 4) is 5.75 Å². The van der Waals surface area contributed by atoms with Crippen molar-refractivity contribution in [3.63, 3.8) is 0 Å². The van der Waals surface area contributed by atoms with Crippen LogP contribution in [0.3, 0.4) is 0 Å². The SMILES string of the molecule is O=C(Cc1ccc2c(c1)CCCO2)N1CC2(C[C@@H](OCc3cccnc3)CS2)C1. The molecule has 1 spiro atoms. The Morgan fingerprint density at radius 2 is 2.24 bits per heavy atom. The number of aryl methyl sites for hydroxylation is 1. The second-order valence-corrected chi connectivity index (χ2v) is 9.80. The summed E-state index contributed by atoms with van der Waals surface area (Å²) in [4.78, 5) is 18.9. The van der Waals surface area contributed by atoms with Crippen LogP contribution in [-0.2, 0) is 29.0 Å². The number of pyridine rings is 1. The third-order valence-corrected chi connectivity index (χ3v) is 7.60. The van der Waals surface area contributed by atoms with Crippen molar-refractivity contribution >= 4 is 17.7 Å². The maximum atomic E-state index is 12.7. The van der Waals surface area contributed by atoms with Crippen LogP contribution < -0.4 is 4.74 Å². The lowest BCUT2D eigenvalue weighted by atomic mass is 9.92. The molecule has 2 fully saturated rings. The molecule has 0 saturated carbocycles. The van der Waals surface area contributed by atoms with E-state index >= 15 is 0 Å². The smallest absolute Gasteiger partial charge is 0.227 e. The maximum absolute atomic E-state index is 12.7. The van der Waals surface area contributed by atoms with Gasteiger partial charge < -0.3 is 14.4 Å². The lowest BCUT2D eigenvalue weighted by Crippen LogP contribution is -2.61. The predicted molar refractivity (Wildman–Crippen MR) is 113 cm³/mol. The number of likely N-dealkylation sites (tertiary alicyclic amines) is 1. The molecule has 2 aromatic rings. The van der Waals surface area contributed by atoms with Gasteiger partial charge in [-0.15, -0.1) is 11.8 Å². The monoisotopic (exact) mass is 410 g/mol. The first-order chi connectivity index (χ1) is 14.2. The Morgan fingerprint density at radius 1 is 1.31 bits per heavy atom. The topological polar surface area (TPSA) is 51.7 Å². The van der Waals surface area contributed by atoms with Crippen LogP contribution in [0.25, 0.3) is 0 Å². The van der Waals surface area contributed by atoms with Crippen molar-refractivity contribution < 1.29 is 14.3 Å². The number of fused-ring (bicyclic) bond motifs is 1. The van der Waals surface area contributed by atoms with Crippen LogP contribution in [-0.4, -0.2) is 52.1 Å². The molecular weight excluding hydrogens is 384 g/mol. The molecule has 5 rings (SSSR count). The summed E-state index contributed by atoms with van der Waals surface area (Å²) in [5.74, 6) is 2.22. The van der Waals surface area contributed by atoms with Crippen LogP contribution in [0.4, 0.5) is 0 Å². The molecule has 3 aliphatic heterocycles. The number of benzene rings is 1. The molecule has 2 saturated heterocycles. The van der Waals surface area contributed by atoms with Crippen LogP contribution >= 0.6 is 11.8 Å². The first kappa shape index (κ1) is 18.9. The molecule has 3 aliphatic rings. The first-order valence-electron chi connectivity index (χ1n) is 10.4. The summed E-state index contributed by atoms with van der Waals surface area (Å²) in [5, 5.41) is 0. The quantitative estimate of drug-likeness (QED) is 0.757. The zero-order valence-corrected chi connectivity index (χ0v) is 17.3. The fourth-order valence-corrected chi connectivity index (χ4v) is 6.01. The fraction of sp³-hybridized carbons (Fsp3) is 0.478. The molecule has 29 heavy (non-hydrogen) atoms. The third-order valence-electron chi connectivity index (χ3n) is 6.02. The van der Waals surface area contributed by atoms with E-state index in [4.69, 9.17) is 9.47 Å². The van der Waals surface area contributed by atoms with Crippen LogP contribution in [0.2, 0.25) is 0 Å². The molecule has 152 valence electrons. The largest absolute Gasteiger partial charge is 0.493 e. The molecule has 6 heteroatoms. The number of carbonyl (C=O) groups excluding carboxylic acids is 1. The number of aromatic nitrogens is 1. The molecule has 1 aromatic heterocycles. The molecule has 1 aromatic carbocycles. The van der Waals surface area contributed by atoms with Crippen molar-refractivity contribution in [2.45, 2.75) is 43.1 Å². The molecular formula is C23H26N2O3S. The van der Waals surface area contributed by atoms with Gasteiger partial charge in [-0.2, -0.15) is 0 Å². The van der Waals surface area contributed by atoms with E-state index in [2.05, 4.69) is 11.1 Å². The van der Waals surface area contributed by atoms with Crippen molar-refractivity contribution in [1.82, 2.24) is 9.88 Å². The lowest BCUT2D eigenvalue weighted by molar-refractivity contribution is -0.136. The van der Waals surface area contributed by atoms with Crippen LogP contribution in [0, 0.1) is 0 Å². The minimum absolute atomic E-state index is 0.193. The van der Waals surface area contributed by atoms with E-state index in [0.717, 1.165) is 61.6 Å². The number of amides is 1. The van der Waals surface area contributed by atoms with Gasteiger partial charge >= 0.3 is 0 Å². The number of nitrogens with zero attached hydrogens (tertiary/aromatic N) is 2. The number of hydrogen-bond acceptors (Lipinski definition) is 5. The molecule has 0 bridgehead atoms. The number of ether oxygens (including phenoxy) is 2. The van der Waals surface area contributed by atoms with Gasteiger partial charge in [-0.3, -0.25) is 9.78 Å². The summed E-state index contributed by atoms with van der Waals surface area (Å²) in [5.41, 5.74) is 3.44. The van der Waals surface area contributed by atoms with Gasteiger partial charge in [0.2, 0.25) is 5.91 Å². The Labute approximate surface area is 175 Å². The Kier molecular flexibility index (Phi) is 5.22. The molecule has 1 amide bonds. The average molecular weight is 411 g/mol. The Morgan fingerprint density at radius 3 is 3.10 bits per heavy atom. The highest BCUT2D eigenvalue weighted by Gasteiger charge is 2.50. The maximum Gasteiger partial charge on any atom is 0.227 e. The first-order valence-corrected chi connectivity index (χ1v) is 11.3. The van der Waals surface area contributed by atoms with Gasteiger partial charge in [0.05, 0.1) is 30.5 Å². The zero-order valence-electron chi connectivity index (χ0n) is 16.5. The molecule has 1 atom stereocenters. The van der Waals surface area contributed by atoms with Gasteiger partial charge in [0.1, 0.15) is 5.75 Å². The summed E-state index contributed by atoms with van der Waals surface area (Å²) in [7, 11) is 0. The van der Waals surface area contributed by atoms with Crippen molar-refractivity contribution in [2.24, 2.45) is 0 Å². The van der Waals surface area contributed by atoms with Gasteiger partial charge in [-0.1, -0.05) is 18.2 Å². The molecule has 4 heterocycles. The zero-order chi connectivity index (χ0) is 19.7. The second-order valence-electron chi connectivity index (χ2n) is 8.31. The molecule has 0 N–H and O–H groups in total. The van der Waals surface area contributed by atoms with Gasteiger partial charge in [0.25, 0.3) is 0 Å². The van der Waals surface area contributed by atoms with E-state index in [9.17, 15) is 4.79 Å². The Balaban J connectivity index is 1.10. The number of hydrogen-bond donors (Lipinski definition) is 0. The van der Waals surface area contributed by atoms with Crippen LogP contribution in [0.5, 0.6) is 5.75 Å². The number of carbonyl (C=O) groups is 1. The number of rotatable bonds is 5. The second kappa shape index (κ2) is 8.00. The molecule has 0 aliphatic carbocycles. The van der Waals surface area contributed by atoms with Gasteiger partial charge in [0, 0.05) is 31.2 Å². The molecule has 5 nitrogen and oxygen atoms in total. The predicted octanol–water partition coefficient (Wildman–Crippen LogP) is 3.25. The summed E-state index contributed by atoms with van der Waals surface area (Å²) in [6.07, 6.45) is 7.50. The van der Waals surface area contributed by atoms with Gasteiger partial charge in [-0.05, 0) is 48.1 Å². The standard InChI is InChI=1S/C23H26N2O3S/c26-22(10-17-5-6-21-19(9-17)4-2-8-27-21)25-15-23(16-25)11-20(14-29-23)28-13-18-3-1-7-24-12-18/h1,3,5-7,9,12,20H,2,4,8,10-11,13-16H2/t20-/m1/s1. The lowest BCUT2D eigenvalue weighted by Gasteiger charge is -2.47. The van der Waals surface area contributed by atoms with E-state index in [1.807, 2.05) is 47.1 Å². The van der Waals surface area contributed by atoms with E-state index in [0.29, 0.717) is 13.0 Å². The summed E-state index contributed by atoms with van der Waals surface area (Å²) in [6, 6.07) is 10.2. The van der Waals surface area contributed by atoms with Crippen molar-refractivity contribution in [1.29, 1.82) is 0 Å². The fourth-order valence-electron chi connectivity index (χ4n) is 4.46. The van der Waals surface area contributed by atoms with E-state index < -0.39 is 0 Å². The van der Waals surface area contributed by atoms with Crippen molar-refractivity contribution in [3.05, 3.63) is 59.4 Å². The van der Waals surface area contributed by atoms with E-state index in [1.54, 1.807) is 6.20 Å². The third kappa shape index (κ3) is 4.14. The highest BCUT2D eigenvalue weighted by atomic mass is 32.2. The van der Waals surface area contributed by atoms with E-state index in [-0.39, 0.29) is 16.8 Å². The minimum Gasteiger partial charge on any atom is -0.493 e. The van der Waals surface area contributed by atoms with Crippen LogP contribution in [0.15, 0.2) is 42.7 Å². The highest BCUT2D eigenvalue weighted by Crippen LogP contribution is 2.46. The Hall–Kier alpha value is -2.05. The molecule has 0 radical (unpaired) electrons. The summed E-state index contributed by atoms with van der Waals surface area (Å²) >= 11 is 1.97. The highest BCUT2D eigenvalue weighted by molar-refractivity contribution is 8.01. The van der Waals surface area contributed by atoms with Gasteiger partial charge in [-0.25, -0.2) is 0 Å². The van der Waals surface area contributed by atoms with Gasteiger partial charge in [0.15, 0.2) is 0 Å². The average Bonchev–Trinajstić information content (AvgIpc) is 3.17. The van der Waals surface area contributed by atoms with Crippen molar-refractivity contribution in [2.75, 3.05) is 25.4 Å². The summed E-state index contributed by atoms with van der Waals surface area (Å²) in [6.45, 7) is 3.10.